The second kappa shape index (κ2) is 8.12. The van der Waals surface area contributed by atoms with Crippen LogP contribution in [0.3, 0.4) is 0 Å². The quantitative estimate of drug-likeness (QED) is 0.462. The molecule has 10 heteroatoms. The van der Waals surface area contributed by atoms with Crippen LogP contribution in [-0.4, -0.2) is 60.3 Å². The number of methoxy groups -OCH3 is 1. The number of aryl methyl sites for hydroxylation is 1. The normalized spacial score (nSPS) is 18.1. The lowest BCUT2D eigenvalue weighted by molar-refractivity contribution is 0.0257. The highest BCUT2D eigenvalue weighted by atomic mass is 16.5. The molecule has 4 heterocycles. The highest BCUT2D eigenvalue weighted by molar-refractivity contribution is 5.93. The molecule has 1 fully saturated rings. The minimum Gasteiger partial charge on any atom is -0.497 e. The van der Waals surface area contributed by atoms with Gasteiger partial charge in [-0.25, -0.2) is 9.97 Å². The fourth-order valence-corrected chi connectivity index (χ4v) is 4.64. The lowest BCUT2D eigenvalue weighted by Gasteiger charge is -2.32. The molecular weight excluding hydrogens is 432 g/mol. The van der Waals surface area contributed by atoms with E-state index in [0.717, 1.165) is 59.8 Å². The molecule has 1 aliphatic rings. The van der Waals surface area contributed by atoms with Gasteiger partial charge in [0.2, 0.25) is 5.95 Å². The molecule has 0 aliphatic carbocycles. The lowest BCUT2D eigenvalue weighted by atomic mass is 9.97. The van der Waals surface area contributed by atoms with Crippen LogP contribution in [0.1, 0.15) is 57.1 Å². The Hall–Kier alpha value is -3.40. The van der Waals surface area contributed by atoms with Crippen molar-refractivity contribution in [3.63, 3.8) is 0 Å². The third kappa shape index (κ3) is 3.81. The number of nitrogens with two attached hydrogens (primary N) is 1. The van der Waals surface area contributed by atoms with E-state index in [1.165, 1.54) is 0 Å². The molecule has 0 saturated carbocycles. The maximum atomic E-state index is 10.4. The van der Waals surface area contributed by atoms with Crippen molar-refractivity contribution in [1.82, 2.24) is 29.4 Å². The van der Waals surface area contributed by atoms with Crippen molar-refractivity contribution in [3.05, 3.63) is 35.9 Å². The van der Waals surface area contributed by atoms with E-state index in [2.05, 4.69) is 15.0 Å². The van der Waals surface area contributed by atoms with Crippen molar-refractivity contribution in [2.24, 2.45) is 0 Å². The molecule has 0 radical (unpaired) electrons. The summed E-state index contributed by atoms with van der Waals surface area (Å²) < 4.78 is 8.82. The van der Waals surface area contributed by atoms with E-state index in [0.29, 0.717) is 11.6 Å². The third-order valence-electron chi connectivity index (χ3n) is 6.96. The molecular formula is C24H32N8O2. The zero-order valence-electron chi connectivity index (χ0n) is 20.4. The van der Waals surface area contributed by atoms with Crippen molar-refractivity contribution in [3.8, 4) is 5.75 Å². The summed E-state index contributed by atoms with van der Waals surface area (Å²) in [6.07, 6.45) is 4.07. The highest BCUT2D eigenvalue weighted by Crippen LogP contribution is 2.33. The summed E-state index contributed by atoms with van der Waals surface area (Å²) in [7, 11) is 1.63. The number of aromatic nitrogens is 6. The Morgan fingerprint density at radius 2 is 2.03 bits per heavy atom. The minimum atomic E-state index is -0.860. The molecule has 0 amide bonds. The minimum absolute atomic E-state index is 0.136. The zero-order valence-corrected chi connectivity index (χ0v) is 20.4. The topological polar surface area (TPSA) is 120 Å². The van der Waals surface area contributed by atoms with Crippen LogP contribution in [0.2, 0.25) is 0 Å². The first-order valence-electron chi connectivity index (χ1n) is 11.7. The van der Waals surface area contributed by atoms with Gasteiger partial charge in [0.15, 0.2) is 11.5 Å². The summed E-state index contributed by atoms with van der Waals surface area (Å²) in [6, 6.07) is 5.56. The Morgan fingerprint density at radius 1 is 1.24 bits per heavy atom. The number of hydrogen-bond donors (Lipinski definition) is 2. The van der Waals surface area contributed by atoms with Crippen molar-refractivity contribution in [2.45, 2.75) is 58.1 Å². The summed E-state index contributed by atoms with van der Waals surface area (Å²) in [5.74, 6) is 1.97. The zero-order chi connectivity index (χ0) is 24.2. The number of nitrogen functional groups attached to an aromatic ring is 1. The summed E-state index contributed by atoms with van der Waals surface area (Å²) in [4.78, 5) is 11.8. The number of piperidine rings is 1. The van der Waals surface area contributed by atoms with Crippen LogP contribution in [0.25, 0.3) is 16.6 Å². The second-order valence-electron chi connectivity index (χ2n) is 9.75. The number of aliphatic hydroxyl groups is 1. The number of ether oxygens (including phenoxy) is 1. The molecule has 3 N–H and O–H groups in total. The van der Waals surface area contributed by atoms with Crippen LogP contribution >= 0.6 is 0 Å². The Labute approximate surface area is 198 Å². The molecule has 3 aromatic heterocycles. The summed E-state index contributed by atoms with van der Waals surface area (Å²) in [5, 5.41) is 20.7. The van der Waals surface area contributed by atoms with Gasteiger partial charge in [0.05, 0.1) is 35.7 Å². The van der Waals surface area contributed by atoms with E-state index in [1.807, 2.05) is 42.9 Å². The molecule has 2 atom stereocenters. The van der Waals surface area contributed by atoms with Gasteiger partial charge in [-0.05, 0) is 52.7 Å². The van der Waals surface area contributed by atoms with E-state index in [1.54, 1.807) is 25.5 Å². The molecule has 180 valence electrons. The van der Waals surface area contributed by atoms with Crippen LogP contribution in [0.5, 0.6) is 5.75 Å². The number of benzene rings is 1. The standard InChI is InChI=1S/C24H32N8O2/c1-14-20(13-31(28-14)15(2)24(3,4)33)30-10-6-7-16(12-30)21-27-22-18-9-8-17(34-5)11-19(18)26-23(25)32(22)29-21/h8-9,11,13,15-16,33H,6-7,10,12H2,1-5H3,(H2,25,26)/t15-,16+/m0/s1. The van der Waals surface area contributed by atoms with Gasteiger partial charge in [-0.3, -0.25) is 4.68 Å². The van der Waals surface area contributed by atoms with Gasteiger partial charge in [0.1, 0.15) is 5.75 Å². The summed E-state index contributed by atoms with van der Waals surface area (Å²) in [5.41, 5.74) is 8.85. The number of fused-ring (bicyclic) bond motifs is 3. The fraction of sp³-hybridized carbons (Fsp3) is 0.500. The lowest BCUT2D eigenvalue weighted by Crippen LogP contribution is -2.35. The number of hydrogen-bond acceptors (Lipinski definition) is 8. The Morgan fingerprint density at radius 3 is 2.76 bits per heavy atom. The van der Waals surface area contributed by atoms with Gasteiger partial charge in [-0.15, -0.1) is 5.10 Å². The van der Waals surface area contributed by atoms with Crippen LogP contribution in [0.4, 0.5) is 11.6 Å². The average Bonchev–Trinajstić information content (AvgIpc) is 3.42. The molecule has 10 nitrogen and oxygen atoms in total. The first-order chi connectivity index (χ1) is 16.2. The van der Waals surface area contributed by atoms with E-state index in [-0.39, 0.29) is 12.0 Å². The number of anilines is 2. The van der Waals surface area contributed by atoms with Gasteiger partial charge < -0.3 is 20.5 Å². The van der Waals surface area contributed by atoms with Crippen LogP contribution in [0, 0.1) is 6.92 Å². The maximum Gasteiger partial charge on any atom is 0.223 e. The Kier molecular flexibility index (Phi) is 5.35. The second-order valence-corrected chi connectivity index (χ2v) is 9.75. The maximum absolute atomic E-state index is 10.4. The molecule has 1 aromatic carbocycles. The molecule has 5 rings (SSSR count). The van der Waals surface area contributed by atoms with Gasteiger partial charge in [-0.2, -0.15) is 9.61 Å². The molecule has 1 aliphatic heterocycles. The Bertz CT molecular complexity index is 1350. The molecule has 0 spiro atoms. The molecule has 0 bridgehead atoms. The van der Waals surface area contributed by atoms with Crippen LogP contribution in [0.15, 0.2) is 24.4 Å². The molecule has 1 saturated heterocycles. The highest BCUT2D eigenvalue weighted by Gasteiger charge is 2.30. The van der Waals surface area contributed by atoms with Gasteiger partial charge in [-0.1, -0.05) is 0 Å². The van der Waals surface area contributed by atoms with Crippen molar-refractivity contribution >= 4 is 28.2 Å². The molecule has 4 aromatic rings. The van der Waals surface area contributed by atoms with Crippen molar-refractivity contribution in [1.29, 1.82) is 0 Å². The average molecular weight is 465 g/mol. The van der Waals surface area contributed by atoms with E-state index < -0.39 is 5.60 Å². The Balaban J connectivity index is 1.46. The van der Waals surface area contributed by atoms with Gasteiger partial charge in [0, 0.05) is 36.7 Å². The third-order valence-corrected chi connectivity index (χ3v) is 6.96. The number of rotatable bonds is 5. The van der Waals surface area contributed by atoms with E-state index in [9.17, 15) is 5.11 Å². The van der Waals surface area contributed by atoms with E-state index in [4.69, 9.17) is 20.6 Å². The van der Waals surface area contributed by atoms with Gasteiger partial charge in [0.25, 0.3) is 0 Å². The SMILES string of the molecule is COc1ccc2c(c1)nc(N)n1nc([C@@H]3CCCN(c4cn([C@@H](C)C(C)(C)O)nc4C)C3)nc21. The molecule has 0 unspecified atom stereocenters. The summed E-state index contributed by atoms with van der Waals surface area (Å²) in [6.45, 7) is 9.34. The van der Waals surface area contributed by atoms with E-state index >= 15 is 0 Å². The number of nitrogens with zero attached hydrogens (tertiary/aromatic N) is 7. The van der Waals surface area contributed by atoms with Crippen molar-refractivity contribution < 1.29 is 9.84 Å². The monoisotopic (exact) mass is 464 g/mol. The largest absolute Gasteiger partial charge is 0.497 e. The smallest absolute Gasteiger partial charge is 0.223 e. The predicted octanol–water partition coefficient (Wildman–Crippen LogP) is 3.09. The summed E-state index contributed by atoms with van der Waals surface area (Å²) >= 11 is 0. The fourth-order valence-electron chi connectivity index (χ4n) is 4.64. The molecule has 34 heavy (non-hydrogen) atoms. The van der Waals surface area contributed by atoms with Crippen LogP contribution < -0.4 is 15.4 Å². The van der Waals surface area contributed by atoms with Gasteiger partial charge >= 0.3 is 0 Å². The predicted molar refractivity (Wildman–Crippen MR) is 131 cm³/mol. The first-order valence-corrected chi connectivity index (χ1v) is 11.7. The first kappa shape index (κ1) is 22.4. The van der Waals surface area contributed by atoms with Crippen LogP contribution in [-0.2, 0) is 0 Å². The van der Waals surface area contributed by atoms with Crippen molar-refractivity contribution in [2.75, 3.05) is 30.8 Å².